The van der Waals surface area contributed by atoms with Crippen molar-refractivity contribution in [2.75, 3.05) is 45.8 Å². The molecule has 0 atom stereocenters. The third-order valence-electron chi connectivity index (χ3n) is 4.91. The summed E-state index contributed by atoms with van der Waals surface area (Å²) in [5.74, 6) is 0.0784. The zero-order chi connectivity index (χ0) is 17.5. The number of hydrogen-bond donors (Lipinski definition) is 2. The minimum Gasteiger partial charge on any atom is -0.356 e. The first-order valence-corrected chi connectivity index (χ1v) is 10.1. The maximum atomic E-state index is 12.3. The average Bonchev–Trinajstić information content (AvgIpc) is 3.12. The number of nitrogens with zero attached hydrogens (tertiary/aromatic N) is 2. The van der Waals surface area contributed by atoms with Crippen LogP contribution in [-0.4, -0.2) is 67.4 Å². The van der Waals surface area contributed by atoms with Crippen molar-refractivity contribution in [3.8, 4) is 0 Å². The highest BCUT2D eigenvalue weighted by Gasteiger charge is 2.21. The minimum atomic E-state index is -0.0121. The van der Waals surface area contributed by atoms with Crippen LogP contribution in [0, 0.1) is 0 Å². The predicted molar refractivity (Wildman–Crippen MR) is 99.6 cm³/mol. The standard InChI is InChI=1S/C18H28N4O2S/c23-17(20-6-1-9-21-11-7-19-8-12-21)2-3-18(24)22-10-4-16-15(14-22)5-13-25-16/h5,13,19H,1-4,6-12,14H2,(H,20,23). The van der Waals surface area contributed by atoms with E-state index in [1.807, 2.05) is 4.90 Å². The summed E-state index contributed by atoms with van der Waals surface area (Å²) in [6, 6.07) is 2.10. The van der Waals surface area contributed by atoms with Crippen molar-refractivity contribution in [2.24, 2.45) is 0 Å². The summed E-state index contributed by atoms with van der Waals surface area (Å²) in [5.41, 5.74) is 1.27. The fourth-order valence-electron chi connectivity index (χ4n) is 3.39. The highest BCUT2D eigenvalue weighted by Crippen LogP contribution is 2.24. The van der Waals surface area contributed by atoms with E-state index in [9.17, 15) is 9.59 Å². The molecule has 1 saturated heterocycles. The highest BCUT2D eigenvalue weighted by atomic mass is 32.1. The molecule has 1 aromatic rings. The van der Waals surface area contributed by atoms with E-state index in [1.165, 1.54) is 10.4 Å². The second-order valence-electron chi connectivity index (χ2n) is 6.73. The van der Waals surface area contributed by atoms with E-state index in [4.69, 9.17) is 0 Å². The molecule has 0 spiro atoms. The van der Waals surface area contributed by atoms with Gasteiger partial charge in [-0.1, -0.05) is 0 Å². The molecule has 0 aliphatic carbocycles. The summed E-state index contributed by atoms with van der Waals surface area (Å²) in [5, 5.41) is 8.37. The van der Waals surface area contributed by atoms with Gasteiger partial charge in [-0.2, -0.15) is 0 Å². The minimum absolute atomic E-state index is 0.0121. The topological polar surface area (TPSA) is 64.7 Å². The number of fused-ring (bicyclic) bond motifs is 1. The molecule has 25 heavy (non-hydrogen) atoms. The molecule has 1 aromatic heterocycles. The Morgan fingerprint density at radius 3 is 2.88 bits per heavy atom. The van der Waals surface area contributed by atoms with Crippen molar-refractivity contribution in [1.82, 2.24) is 20.4 Å². The van der Waals surface area contributed by atoms with Crippen LogP contribution in [-0.2, 0) is 22.6 Å². The number of thiophene rings is 1. The van der Waals surface area contributed by atoms with Crippen LogP contribution in [0.3, 0.4) is 0 Å². The van der Waals surface area contributed by atoms with Crippen LogP contribution in [0.15, 0.2) is 11.4 Å². The van der Waals surface area contributed by atoms with Crippen LogP contribution in [0.2, 0.25) is 0 Å². The van der Waals surface area contributed by atoms with Crippen LogP contribution in [0.1, 0.15) is 29.7 Å². The summed E-state index contributed by atoms with van der Waals surface area (Å²) in [7, 11) is 0. The zero-order valence-corrected chi connectivity index (χ0v) is 15.6. The van der Waals surface area contributed by atoms with E-state index in [0.717, 1.165) is 52.1 Å². The van der Waals surface area contributed by atoms with Crippen LogP contribution < -0.4 is 10.6 Å². The summed E-state index contributed by atoms with van der Waals surface area (Å²) < 4.78 is 0. The largest absolute Gasteiger partial charge is 0.356 e. The number of rotatable bonds is 7. The molecule has 6 nitrogen and oxygen atoms in total. The van der Waals surface area contributed by atoms with E-state index in [0.29, 0.717) is 25.9 Å². The van der Waals surface area contributed by atoms with Gasteiger partial charge in [-0.25, -0.2) is 0 Å². The molecule has 3 rings (SSSR count). The molecular weight excluding hydrogens is 336 g/mol. The first-order chi connectivity index (χ1) is 12.2. The quantitative estimate of drug-likeness (QED) is 0.704. The first-order valence-electron chi connectivity index (χ1n) is 9.25. The van der Waals surface area contributed by atoms with Crippen molar-refractivity contribution in [3.63, 3.8) is 0 Å². The average molecular weight is 365 g/mol. The SMILES string of the molecule is O=C(CCC(=O)N1CCc2sccc2C1)NCCCN1CCNCC1. The van der Waals surface area contributed by atoms with Gasteiger partial charge in [0.15, 0.2) is 0 Å². The smallest absolute Gasteiger partial charge is 0.223 e. The lowest BCUT2D eigenvalue weighted by molar-refractivity contribution is -0.134. The van der Waals surface area contributed by atoms with Gasteiger partial charge in [0, 0.05) is 63.5 Å². The molecule has 7 heteroatoms. The van der Waals surface area contributed by atoms with Gasteiger partial charge in [0.1, 0.15) is 0 Å². The molecule has 1 fully saturated rings. The van der Waals surface area contributed by atoms with Crippen LogP contribution >= 0.6 is 11.3 Å². The summed E-state index contributed by atoms with van der Waals surface area (Å²) in [6.45, 7) is 7.48. The van der Waals surface area contributed by atoms with Gasteiger partial charge >= 0.3 is 0 Å². The maximum Gasteiger partial charge on any atom is 0.223 e. The summed E-state index contributed by atoms with van der Waals surface area (Å²) in [4.78, 5) is 29.9. The van der Waals surface area contributed by atoms with Crippen molar-refractivity contribution >= 4 is 23.2 Å². The lowest BCUT2D eigenvalue weighted by Crippen LogP contribution is -2.44. The zero-order valence-electron chi connectivity index (χ0n) is 14.8. The molecule has 0 radical (unpaired) electrons. The van der Waals surface area contributed by atoms with E-state index >= 15 is 0 Å². The van der Waals surface area contributed by atoms with E-state index < -0.39 is 0 Å². The van der Waals surface area contributed by atoms with E-state index in [2.05, 4.69) is 27.0 Å². The third kappa shape index (κ3) is 5.52. The summed E-state index contributed by atoms with van der Waals surface area (Å²) in [6.07, 6.45) is 2.51. The Labute approximate surface area is 153 Å². The Kier molecular flexibility index (Phi) is 6.84. The normalized spacial score (nSPS) is 18.0. The van der Waals surface area contributed by atoms with Gasteiger partial charge in [0.2, 0.25) is 11.8 Å². The lowest BCUT2D eigenvalue weighted by atomic mass is 10.1. The van der Waals surface area contributed by atoms with Gasteiger partial charge in [0.05, 0.1) is 0 Å². The predicted octanol–water partition coefficient (Wildman–Crippen LogP) is 0.825. The molecule has 0 saturated carbocycles. The number of amides is 2. The molecule has 138 valence electrons. The van der Waals surface area contributed by atoms with Crippen molar-refractivity contribution < 1.29 is 9.59 Å². The Morgan fingerprint density at radius 2 is 2.04 bits per heavy atom. The molecule has 3 heterocycles. The molecule has 2 N–H and O–H groups in total. The maximum absolute atomic E-state index is 12.3. The number of carbonyl (C=O) groups excluding carboxylic acids is 2. The number of nitrogens with one attached hydrogen (secondary N) is 2. The molecule has 2 amide bonds. The van der Waals surface area contributed by atoms with Gasteiger partial charge < -0.3 is 20.4 Å². The van der Waals surface area contributed by atoms with Gasteiger partial charge in [-0.15, -0.1) is 11.3 Å². The molecular formula is C18H28N4O2S. The highest BCUT2D eigenvalue weighted by molar-refractivity contribution is 7.10. The number of piperazine rings is 1. The Morgan fingerprint density at radius 1 is 1.20 bits per heavy atom. The van der Waals surface area contributed by atoms with Crippen molar-refractivity contribution in [3.05, 3.63) is 21.9 Å². The van der Waals surface area contributed by atoms with Crippen LogP contribution in [0.4, 0.5) is 0 Å². The summed E-state index contributed by atoms with van der Waals surface area (Å²) >= 11 is 1.77. The van der Waals surface area contributed by atoms with E-state index in [1.54, 1.807) is 11.3 Å². The van der Waals surface area contributed by atoms with Crippen LogP contribution in [0.5, 0.6) is 0 Å². The Bertz CT molecular complexity index is 583. The molecule has 0 bridgehead atoms. The van der Waals surface area contributed by atoms with Gasteiger partial charge in [-0.3, -0.25) is 9.59 Å². The Balaban J connectivity index is 1.28. The van der Waals surface area contributed by atoms with Gasteiger partial charge in [0.25, 0.3) is 0 Å². The monoisotopic (exact) mass is 364 g/mol. The van der Waals surface area contributed by atoms with E-state index in [-0.39, 0.29) is 11.8 Å². The van der Waals surface area contributed by atoms with Crippen LogP contribution in [0.25, 0.3) is 0 Å². The second-order valence-corrected chi connectivity index (χ2v) is 7.73. The molecule has 0 aromatic carbocycles. The molecule has 0 unspecified atom stereocenters. The molecule has 2 aliphatic rings. The van der Waals surface area contributed by atoms with Crippen molar-refractivity contribution in [2.45, 2.75) is 32.2 Å². The molecule has 2 aliphatic heterocycles. The van der Waals surface area contributed by atoms with Crippen molar-refractivity contribution in [1.29, 1.82) is 0 Å². The first kappa shape index (κ1) is 18.4. The fourth-order valence-corrected chi connectivity index (χ4v) is 4.28. The lowest BCUT2D eigenvalue weighted by Gasteiger charge is -2.27. The number of carbonyl (C=O) groups is 2. The number of hydrogen-bond acceptors (Lipinski definition) is 5. The Hall–Kier alpha value is -1.44. The third-order valence-corrected chi connectivity index (χ3v) is 5.93. The van der Waals surface area contributed by atoms with Gasteiger partial charge in [-0.05, 0) is 36.4 Å². The second kappa shape index (κ2) is 9.31. The fraction of sp³-hybridized carbons (Fsp3) is 0.667.